The monoisotopic (exact) mass is 220 g/mol. The van der Waals surface area contributed by atoms with Crippen molar-refractivity contribution in [3.63, 3.8) is 0 Å². The summed E-state index contributed by atoms with van der Waals surface area (Å²) in [4.78, 5) is 3.94. The number of rotatable bonds is 1. The van der Waals surface area contributed by atoms with E-state index in [0.29, 0.717) is 11.5 Å². The van der Waals surface area contributed by atoms with E-state index in [-0.39, 0.29) is 5.28 Å². The Balaban J connectivity index is 2.25. The lowest BCUT2D eigenvalue weighted by Crippen LogP contribution is -2.00. The van der Waals surface area contributed by atoms with E-state index >= 15 is 0 Å². The van der Waals surface area contributed by atoms with Crippen LogP contribution in [0.4, 0.5) is 0 Å². The average molecular weight is 221 g/mol. The van der Waals surface area contributed by atoms with Gasteiger partial charge in [-0.05, 0) is 23.7 Å². The molecule has 3 aromatic heterocycles. The summed E-state index contributed by atoms with van der Waals surface area (Å²) in [6.07, 6.45) is 5.14. The predicted molar refractivity (Wildman–Crippen MR) is 52.9 cm³/mol. The fourth-order valence-electron chi connectivity index (χ4n) is 1.29. The Labute approximate surface area is 89.1 Å². The van der Waals surface area contributed by atoms with Gasteiger partial charge in [-0.3, -0.25) is 4.57 Å². The third-order valence-electron chi connectivity index (χ3n) is 1.98. The molecule has 0 spiro atoms. The molecular weight excluding hydrogens is 216 g/mol. The summed E-state index contributed by atoms with van der Waals surface area (Å²) in [5.41, 5.74) is 0.615. The molecule has 0 amide bonds. The normalized spacial score (nSPS) is 11.0. The molecule has 0 saturated heterocycles. The van der Waals surface area contributed by atoms with E-state index in [4.69, 9.17) is 11.6 Å². The van der Waals surface area contributed by atoms with Crippen LogP contribution in [0.3, 0.4) is 0 Å². The van der Waals surface area contributed by atoms with Crippen molar-refractivity contribution >= 4 is 17.2 Å². The van der Waals surface area contributed by atoms with Crippen molar-refractivity contribution in [1.82, 2.24) is 29.4 Å². The van der Waals surface area contributed by atoms with Crippen molar-refractivity contribution in [3.05, 3.63) is 36.1 Å². The van der Waals surface area contributed by atoms with Gasteiger partial charge >= 0.3 is 0 Å². The Bertz CT molecular complexity index is 599. The fraction of sp³-hybridized carbons (Fsp3) is 0. The first kappa shape index (κ1) is 8.37. The first-order valence-electron chi connectivity index (χ1n) is 4.21. The minimum atomic E-state index is 0.243. The van der Waals surface area contributed by atoms with Crippen LogP contribution in [0.25, 0.3) is 11.5 Å². The van der Waals surface area contributed by atoms with Crippen molar-refractivity contribution in [3.8, 4) is 5.82 Å². The summed E-state index contributed by atoms with van der Waals surface area (Å²) in [5.74, 6) is 0.710. The molecule has 0 aliphatic heterocycles. The zero-order valence-electron chi connectivity index (χ0n) is 7.45. The lowest BCUT2D eigenvalue weighted by atomic mass is 10.5. The number of halogens is 1. The van der Waals surface area contributed by atoms with Crippen LogP contribution in [-0.4, -0.2) is 29.4 Å². The number of nitrogens with zero attached hydrogens (tertiary/aromatic N) is 6. The Morgan fingerprint density at radius 1 is 1.20 bits per heavy atom. The minimum Gasteiger partial charge on any atom is -0.289 e. The topological polar surface area (TPSA) is 60.9 Å². The number of fused-ring (bicyclic) bond motifs is 1. The minimum absolute atomic E-state index is 0.243. The van der Waals surface area contributed by atoms with E-state index in [1.807, 2.05) is 6.07 Å². The van der Waals surface area contributed by atoms with Gasteiger partial charge in [0, 0.05) is 12.4 Å². The molecule has 0 atom stereocenters. The van der Waals surface area contributed by atoms with Gasteiger partial charge in [0.05, 0.1) is 0 Å². The van der Waals surface area contributed by atoms with Crippen molar-refractivity contribution in [2.75, 3.05) is 0 Å². The Kier molecular flexibility index (Phi) is 1.69. The molecular formula is C8H5ClN6. The molecule has 0 N–H and O–H groups in total. The van der Waals surface area contributed by atoms with Gasteiger partial charge in [-0.2, -0.15) is 4.52 Å². The van der Waals surface area contributed by atoms with E-state index in [2.05, 4.69) is 20.3 Å². The second-order valence-electron chi connectivity index (χ2n) is 2.90. The molecule has 74 valence electrons. The highest BCUT2D eigenvalue weighted by atomic mass is 35.5. The maximum absolute atomic E-state index is 5.81. The highest BCUT2D eigenvalue weighted by Gasteiger charge is 2.05. The highest BCUT2D eigenvalue weighted by Crippen LogP contribution is 2.09. The Hall–Kier alpha value is -1.95. The van der Waals surface area contributed by atoms with Crippen molar-refractivity contribution < 1.29 is 0 Å². The standard InChI is InChI=1S/C8H5ClN6/c9-8-12-11-6-1-2-7(13-15(6)8)14-4-3-10-5-14/h1-5H. The van der Waals surface area contributed by atoms with Crippen LogP contribution in [-0.2, 0) is 0 Å². The number of hydrogen-bond donors (Lipinski definition) is 0. The number of aromatic nitrogens is 6. The van der Waals surface area contributed by atoms with Gasteiger partial charge < -0.3 is 0 Å². The van der Waals surface area contributed by atoms with Crippen molar-refractivity contribution in [2.45, 2.75) is 0 Å². The summed E-state index contributed by atoms with van der Waals surface area (Å²) >= 11 is 5.81. The van der Waals surface area contributed by atoms with Crippen LogP contribution in [0, 0.1) is 0 Å². The summed E-state index contributed by atoms with van der Waals surface area (Å²) in [7, 11) is 0. The Morgan fingerprint density at radius 2 is 2.13 bits per heavy atom. The highest BCUT2D eigenvalue weighted by molar-refractivity contribution is 6.28. The third kappa shape index (κ3) is 1.26. The number of hydrogen-bond acceptors (Lipinski definition) is 4. The number of imidazole rings is 1. The maximum Gasteiger partial charge on any atom is 0.246 e. The van der Waals surface area contributed by atoms with Gasteiger partial charge in [-0.15, -0.1) is 15.3 Å². The van der Waals surface area contributed by atoms with E-state index < -0.39 is 0 Å². The van der Waals surface area contributed by atoms with E-state index in [1.54, 1.807) is 29.4 Å². The molecule has 0 bridgehead atoms. The lowest BCUT2D eigenvalue weighted by Gasteiger charge is -2.00. The molecule has 0 saturated carbocycles. The summed E-state index contributed by atoms with van der Waals surface area (Å²) in [6.45, 7) is 0. The molecule has 0 unspecified atom stereocenters. The molecule has 0 radical (unpaired) electrons. The maximum atomic E-state index is 5.81. The summed E-state index contributed by atoms with van der Waals surface area (Å²) in [6, 6.07) is 3.61. The van der Waals surface area contributed by atoms with Gasteiger partial charge in [0.2, 0.25) is 5.28 Å². The summed E-state index contributed by atoms with van der Waals surface area (Å²) < 4.78 is 3.24. The van der Waals surface area contributed by atoms with Crippen LogP contribution in [0.2, 0.25) is 5.28 Å². The molecule has 7 heteroatoms. The van der Waals surface area contributed by atoms with E-state index in [0.717, 1.165) is 0 Å². The zero-order valence-corrected chi connectivity index (χ0v) is 8.20. The average Bonchev–Trinajstić information content (AvgIpc) is 2.88. The van der Waals surface area contributed by atoms with Gasteiger partial charge in [0.1, 0.15) is 6.33 Å². The van der Waals surface area contributed by atoms with Gasteiger partial charge in [0.25, 0.3) is 0 Å². The first-order chi connectivity index (χ1) is 7.34. The first-order valence-corrected chi connectivity index (χ1v) is 4.59. The SMILES string of the molecule is Clc1nnc2ccc(-n3ccnc3)nn12. The molecule has 3 rings (SSSR count). The second-order valence-corrected chi connectivity index (χ2v) is 3.24. The van der Waals surface area contributed by atoms with Crippen LogP contribution in [0.1, 0.15) is 0 Å². The van der Waals surface area contributed by atoms with Crippen molar-refractivity contribution in [2.24, 2.45) is 0 Å². The van der Waals surface area contributed by atoms with Crippen LogP contribution >= 0.6 is 11.6 Å². The molecule has 3 aromatic rings. The van der Waals surface area contributed by atoms with Gasteiger partial charge in [-0.1, -0.05) is 0 Å². The van der Waals surface area contributed by atoms with E-state index in [9.17, 15) is 0 Å². The van der Waals surface area contributed by atoms with Crippen LogP contribution < -0.4 is 0 Å². The molecule has 6 nitrogen and oxygen atoms in total. The fourth-order valence-corrected chi connectivity index (χ4v) is 1.45. The molecule has 0 aliphatic carbocycles. The lowest BCUT2D eigenvalue weighted by molar-refractivity contribution is 0.860. The molecule has 0 fully saturated rings. The molecule has 3 heterocycles. The third-order valence-corrected chi connectivity index (χ3v) is 2.22. The molecule has 0 aliphatic rings. The second kappa shape index (κ2) is 3.03. The van der Waals surface area contributed by atoms with Gasteiger partial charge in [-0.25, -0.2) is 4.98 Å². The van der Waals surface area contributed by atoms with Crippen LogP contribution in [0.5, 0.6) is 0 Å². The molecule has 0 aromatic carbocycles. The van der Waals surface area contributed by atoms with E-state index in [1.165, 1.54) is 4.52 Å². The Morgan fingerprint density at radius 3 is 2.93 bits per heavy atom. The zero-order chi connectivity index (χ0) is 10.3. The quantitative estimate of drug-likeness (QED) is 0.613. The molecule has 15 heavy (non-hydrogen) atoms. The summed E-state index contributed by atoms with van der Waals surface area (Å²) in [5, 5.41) is 12.0. The largest absolute Gasteiger partial charge is 0.289 e. The van der Waals surface area contributed by atoms with Crippen LogP contribution in [0.15, 0.2) is 30.9 Å². The van der Waals surface area contributed by atoms with Crippen molar-refractivity contribution in [1.29, 1.82) is 0 Å². The smallest absolute Gasteiger partial charge is 0.246 e. The van der Waals surface area contributed by atoms with Gasteiger partial charge in [0.15, 0.2) is 11.5 Å². The predicted octanol–water partition coefficient (Wildman–Crippen LogP) is 0.963.